The van der Waals surface area contributed by atoms with Crippen molar-refractivity contribution in [3.05, 3.63) is 41.7 Å². The lowest BCUT2D eigenvalue weighted by molar-refractivity contribution is -0.128. The smallest absolute Gasteiger partial charge is 0.273 e. The summed E-state index contributed by atoms with van der Waals surface area (Å²) in [4.78, 5) is 35.1. The summed E-state index contributed by atoms with van der Waals surface area (Å²) in [7, 11) is 0. The van der Waals surface area contributed by atoms with Gasteiger partial charge in [0.1, 0.15) is 17.7 Å². The molecule has 172 valence electrons. The minimum atomic E-state index is -1.99. The Morgan fingerprint density at radius 2 is 2.06 bits per heavy atom. The first-order valence-electron chi connectivity index (χ1n) is 11.0. The molecule has 33 heavy (non-hydrogen) atoms. The number of hydrogen-bond acceptors (Lipinski definition) is 8. The number of pyridine rings is 2. The van der Waals surface area contributed by atoms with Crippen molar-refractivity contribution in [3.63, 3.8) is 0 Å². The van der Waals surface area contributed by atoms with Crippen molar-refractivity contribution >= 4 is 29.1 Å². The van der Waals surface area contributed by atoms with E-state index < -0.39 is 11.5 Å². The van der Waals surface area contributed by atoms with Gasteiger partial charge in [-0.2, -0.15) is 5.26 Å². The van der Waals surface area contributed by atoms with Crippen LogP contribution >= 0.6 is 0 Å². The van der Waals surface area contributed by atoms with E-state index in [9.17, 15) is 14.7 Å². The highest BCUT2D eigenvalue weighted by atomic mass is 16.3. The zero-order valence-electron chi connectivity index (χ0n) is 18.4. The number of aliphatic hydroxyl groups is 1. The molecule has 1 saturated heterocycles. The Bertz CT molecular complexity index is 1120. The minimum absolute atomic E-state index is 0.0256. The quantitative estimate of drug-likeness (QED) is 0.500. The van der Waals surface area contributed by atoms with Crippen LogP contribution in [0.2, 0.25) is 0 Å². The Morgan fingerprint density at radius 3 is 2.76 bits per heavy atom. The molecule has 2 aromatic heterocycles. The number of hydrogen-bond donors (Lipinski definition) is 4. The van der Waals surface area contributed by atoms with Crippen LogP contribution in [0.1, 0.15) is 48.0 Å². The largest absolute Gasteiger partial charge is 0.368 e. The first-order chi connectivity index (χ1) is 15.8. The SMILES string of the molecule is Cc1cc(Nc2cc(N3CC[C@](O)(C#N)C3=O)ccn2)ncc1C(=O)NC1CCCCC1N. The van der Waals surface area contributed by atoms with E-state index >= 15 is 0 Å². The number of rotatable bonds is 5. The molecule has 2 amide bonds. The number of carbonyl (C=O) groups is 2. The molecule has 4 rings (SSSR count). The Hall–Kier alpha value is -3.55. The third-order valence-electron chi connectivity index (χ3n) is 6.28. The fraction of sp³-hybridized carbons (Fsp3) is 0.435. The van der Waals surface area contributed by atoms with E-state index in [0.29, 0.717) is 22.9 Å². The number of nitrogens with zero attached hydrogens (tertiary/aromatic N) is 4. The third kappa shape index (κ3) is 4.65. The molecular formula is C23H27N7O3. The van der Waals surface area contributed by atoms with Gasteiger partial charge in [0.05, 0.1) is 5.56 Å². The number of anilines is 3. The number of nitriles is 1. The van der Waals surface area contributed by atoms with E-state index in [1.54, 1.807) is 24.3 Å². The maximum Gasteiger partial charge on any atom is 0.273 e. The number of aryl methyl sites for hydroxylation is 1. The summed E-state index contributed by atoms with van der Waals surface area (Å²) in [6, 6.07) is 6.65. The van der Waals surface area contributed by atoms with E-state index in [-0.39, 0.29) is 31.0 Å². The molecule has 0 bridgehead atoms. The Balaban J connectivity index is 1.45. The summed E-state index contributed by atoms with van der Waals surface area (Å²) in [5.41, 5.74) is 5.90. The number of nitrogens with one attached hydrogen (secondary N) is 2. The lowest BCUT2D eigenvalue weighted by Gasteiger charge is -2.29. The van der Waals surface area contributed by atoms with Crippen LogP contribution in [0.3, 0.4) is 0 Å². The predicted octanol–water partition coefficient (Wildman–Crippen LogP) is 1.52. The van der Waals surface area contributed by atoms with Crippen molar-refractivity contribution in [2.24, 2.45) is 5.73 Å². The molecule has 5 N–H and O–H groups in total. The average Bonchev–Trinajstić information content (AvgIpc) is 3.10. The molecule has 3 heterocycles. The fourth-order valence-electron chi connectivity index (χ4n) is 4.29. The second-order valence-corrected chi connectivity index (χ2v) is 8.62. The molecule has 2 fully saturated rings. The minimum Gasteiger partial charge on any atom is -0.368 e. The molecule has 1 aliphatic heterocycles. The Kier molecular flexibility index (Phi) is 6.26. The molecule has 1 saturated carbocycles. The monoisotopic (exact) mass is 449 g/mol. The molecule has 2 unspecified atom stereocenters. The van der Waals surface area contributed by atoms with Crippen molar-refractivity contribution < 1.29 is 14.7 Å². The number of nitrogens with two attached hydrogens (primary N) is 1. The first-order valence-corrected chi connectivity index (χ1v) is 11.0. The van der Waals surface area contributed by atoms with Crippen LogP contribution in [0.5, 0.6) is 0 Å². The van der Waals surface area contributed by atoms with Gasteiger partial charge in [0.15, 0.2) is 0 Å². The van der Waals surface area contributed by atoms with Gasteiger partial charge >= 0.3 is 0 Å². The standard InChI is InChI=1S/C23H27N7O3/c1-14-10-19(27-12-16(14)21(31)28-18-5-3-2-4-17(18)25)29-20-11-15(6-8-26-20)30-9-7-23(33,13-24)22(30)32/h6,8,10-12,17-18,33H,2-5,7,9,25H2,1H3,(H,28,31)(H,26,27,29)/t17?,18?,23-/m0/s1. The van der Waals surface area contributed by atoms with Gasteiger partial charge in [-0.05, 0) is 37.5 Å². The van der Waals surface area contributed by atoms with Crippen molar-refractivity contribution in [3.8, 4) is 6.07 Å². The molecule has 1 aliphatic carbocycles. The van der Waals surface area contributed by atoms with Crippen LogP contribution in [0.15, 0.2) is 30.6 Å². The normalized spacial score (nSPS) is 24.9. The molecule has 2 aliphatic rings. The van der Waals surface area contributed by atoms with Crippen molar-refractivity contribution in [2.75, 3.05) is 16.8 Å². The summed E-state index contributed by atoms with van der Waals surface area (Å²) < 4.78 is 0. The zero-order chi connectivity index (χ0) is 23.6. The molecule has 0 aromatic carbocycles. The summed E-state index contributed by atoms with van der Waals surface area (Å²) in [5, 5.41) is 25.3. The van der Waals surface area contributed by atoms with Crippen molar-refractivity contribution in [1.29, 1.82) is 5.26 Å². The van der Waals surface area contributed by atoms with Crippen LogP contribution in [0, 0.1) is 18.3 Å². The maximum atomic E-state index is 12.7. The predicted molar refractivity (Wildman–Crippen MR) is 122 cm³/mol. The molecule has 2 aromatic rings. The van der Waals surface area contributed by atoms with Crippen LogP contribution < -0.4 is 21.3 Å². The maximum absolute atomic E-state index is 12.7. The van der Waals surface area contributed by atoms with Crippen LogP contribution in [-0.4, -0.2) is 51.1 Å². The Morgan fingerprint density at radius 1 is 1.30 bits per heavy atom. The fourth-order valence-corrected chi connectivity index (χ4v) is 4.29. The molecular weight excluding hydrogens is 422 g/mol. The molecule has 0 spiro atoms. The van der Waals surface area contributed by atoms with E-state index in [1.807, 2.05) is 6.92 Å². The number of aromatic nitrogens is 2. The van der Waals surface area contributed by atoms with Crippen LogP contribution in [0.25, 0.3) is 0 Å². The van der Waals surface area contributed by atoms with Crippen LogP contribution in [-0.2, 0) is 4.79 Å². The summed E-state index contributed by atoms with van der Waals surface area (Å²) in [6.45, 7) is 2.07. The van der Waals surface area contributed by atoms with Crippen molar-refractivity contribution in [2.45, 2.75) is 56.7 Å². The van der Waals surface area contributed by atoms with Crippen molar-refractivity contribution in [1.82, 2.24) is 15.3 Å². The van der Waals surface area contributed by atoms with Gasteiger partial charge in [0.25, 0.3) is 11.8 Å². The van der Waals surface area contributed by atoms with Gasteiger partial charge in [-0.1, -0.05) is 12.8 Å². The van der Waals surface area contributed by atoms with Gasteiger partial charge in [0.2, 0.25) is 5.60 Å². The highest BCUT2D eigenvalue weighted by molar-refractivity contribution is 6.03. The molecule has 3 atom stereocenters. The lowest BCUT2D eigenvalue weighted by atomic mass is 9.91. The molecule has 10 nitrogen and oxygen atoms in total. The van der Waals surface area contributed by atoms with Gasteiger partial charge < -0.3 is 26.4 Å². The lowest BCUT2D eigenvalue weighted by Crippen LogP contribution is -2.49. The zero-order valence-corrected chi connectivity index (χ0v) is 18.4. The topological polar surface area (TPSA) is 157 Å². The summed E-state index contributed by atoms with van der Waals surface area (Å²) in [5.74, 6) is 0.0880. The molecule has 0 radical (unpaired) electrons. The second kappa shape index (κ2) is 9.13. The van der Waals surface area contributed by atoms with E-state index in [1.165, 1.54) is 17.3 Å². The third-order valence-corrected chi connectivity index (χ3v) is 6.28. The van der Waals surface area contributed by atoms with Gasteiger partial charge in [-0.25, -0.2) is 9.97 Å². The second-order valence-electron chi connectivity index (χ2n) is 8.62. The average molecular weight is 450 g/mol. The van der Waals surface area contributed by atoms with E-state index in [2.05, 4.69) is 20.6 Å². The van der Waals surface area contributed by atoms with E-state index in [0.717, 1.165) is 31.2 Å². The number of carbonyl (C=O) groups excluding carboxylic acids is 2. The Labute approximate surface area is 191 Å². The first kappa shape index (κ1) is 22.6. The molecule has 10 heteroatoms. The highest BCUT2D eigenvalue weighted by Crippen LogP contribution is 2.29. The summed E-state index contributed by atoms with van der Waals surface area (Å²) >= 11 is 0. The van der Waals surface area contributed by atoms with Gasteiger partial charge in [-0.15, -0.1) is 0 Å². The summed E-state index contributed by atoms with van der Waals surface area (Å²) in [6.07, 6.45) is 7.03. The van der Waals surface area contributed by atoms with Gasteiger partial charge in [-0.3, -0.25) is 9.59 Å². The highest BCUT2D eigenvalue weighted by Gasteiger charge is 2.46. The number of amides is 2. The van der Waals surface area contributed by atoms with Crippen LogP contribution in [0.4, 0.5) is 17.3 Å². The van der Waals surface area contributed by atoms with Gasteiger partial charge in [0, 0.05) is 49.2 Å². The van der Waals surface area contributed by atoms with E-state index in [4.69, 9.17) is 11.0 Å².